The largest absolute Gasteiger partial charge is 0.481 e. The van der Waals surface area contributed by atoms with Crippen LogP contribution < -0.4 is 20.1 Å². The minimum absolute atomic E-state index is 0.0993. The molecular weight excluding hydrogens is 366 g/mol. The second kappa shape index (κ2) is 9.82. The van der Waals surface area contributed by atoms with Crippen molar-refractivity contribution < 1.29 is 29.0 Å². The molecule has 0 fully saturated rings. The first-order chi connectivity index (χ1) is 13.3. The van der Waals surface area contributed by atoms with Gasteiger partial charge in [0.25, 0.3) is 0 Å². The van der Waals surface area contributed by atoms with Crippen LogP contribution in [-0.2, 0) is 9.59 Å². The van der Waals surface area contributed by atoms with Crippen LogP contribution in [0.5, 0.6) is 11.5 Å². The number of unbranched alkanes of at least 4 members (excludes halogenated alkanes) is 1. The molecule has 0 bridgehead atoms. The Kier molecular flexibility index (Phi) is 7.48. The van der Waals surface area contributed by atoms with E-state index in [2.05, 4.69) is 10.6 Å². The fraction of sp³-hybridized carbons (Fsp3) is 0.526. The summed E-state index contributed by atoms with van der Waals surface area (Å²) in [5.74, 6) is -0.200. The van der Waals surface area contributed by atoms with Crippen LogP contribution >= 0.6 is 0 Å². The van der Waals surface area contributed by atoms with Gasteiger partial charge in [-0.05, 0) is 24.1 Å². The molecule has 0 spiro atoms. The van der Waals surface area contributed by atoms with Gasteiger partial charge in [0.1, 0.15) is 6.04 Å². The van der Waals surface area contributed by atoms with Crippen molar-refractivity contribution >= 4 is 17.9 Å². The van der Waals surface area contributed by atoms with Gasteiger partial charge in [-0.3, -0.25) is 9.59 Å². The number of fused-ring (bicyclic) bond motifs is 1. The van der Waals surface area contributed by atoms with Gasteiger partial charge in [-0.2, -0.15) is 0 Å². The summed E-state index contributed by atoms with van der Waals surface area (Å²) in [6.07, 6.45) is 1.87. The predicted octanol–water partition coefficient (Wildman–Crippen LogP) is 1.88. The van der Waals surface area contributed by atoms with Gasteiger partial charge in [-0.25, -0.2) is 4.79 Å². The summed E-state index contributed by atoms with van der Waals surface area (Å²) in [6, 6.07) is 2.95. The zero-order chi connectivity index (χ0) is 20.7. The molecule has 154 valence electrons. The lowest BCUT2D eigenvalue weighted by molar-refractivity contribution is -0.137. The summed E-state index contributed by atoms with van der Waals surface area (Å²) in [6.45, 7) is 2.10. The van der Waals surface area contributed by atoms with E-state index in [1.165, 1.54) is 4.90 Å². The molecule has 28 heavy (non-hydrogen) atoms. The normalized spacial score (nSPS) is 14.1. The van der Waals surface area contributed by atoms with Crippen LogP contribution in [-0.4, -0.2) is 54.8 Å². The molecule has 1 aromatic carbocycles. The minimum Gasteiger partial charge on any atom is -0.481 e. The van der Waals surface area contributed by atoms with Crippen molar-refractivity contribution in [2.75, 3.05) is 20.9 Å². The van der Waals surface area contributed by atoms with Crippen molar-refractivity contribution in [3.63, 3.8) is 0 Å². The summed E-state index contributed by atoms with van der Waals surface area (Å²) in [5, 5.41) is 14.5. The summed E-state index contributed by atoms with van der Waals surface area (Å²) in [7, 11) is 3.25. The van der Waals surface area contributed by atoms with Crippen LogP contribution in [0.25, 0.3) is 0 Å². The smallest absolute Gasteiger partial charge is 0.315 e. The third-order valence-corrected chi connectivity index (χ3v) is 4.37. The van der Waals surface area contributed by atoms with Gasteiger partial charge in [0, 0.05) is 14.1 Å². The van der Waals surface area contributed by atoms with Gasteiger partial charge >= 0.3 is 12.0 Å². The Morgan fingerprint density at radius 2 is 1.89 bits per heavy atom. The number of aliphatic carboxylic acids is 1. The molecule has 0 aliphatic carbocycles. The predicted molar refractivity (Wildman–Crippen MR) is 101 cm³/mol. The molecule has 2 rings (SSSR count). The quantitative estimate of drug-likeness (QED) is 0.590. The molecule has 0 aromatic heterocycles. The molecule has 9 nitrogen and oxygen atoms in total. The van der Waals surface area contributed by atoms with E-state index in [4.69, 9.17) is 9.47 Å². The molecule has 9 heteroatoms. The Morgan fingerprint density at radius 1 is 1.18 bits per heavy atom. The van der Waals surface area contributed by atoms with Gasteiger partial charge in [0.05, 0.1) is 12.5 Å². The maximum Gasteiger partial charge on any atom is 0.315 e. The molecule has 1 aliphatic rings. The van der Waals surface area contributed by atoms with Crippen molar-refractivity contribution in [2.24, 2.45) is 0 Å². The van der Waals surface area contributed by atoms with Crippen LogP contribution in [0.4, 0.5) is 4.79 Å². The number of benzene rings is 1. The number of urea groups is 1. The summed E-state index contributed by atoms with van der Waals surface area (Å²) in [5.41, 5.74) is 0.575. The van der Waals surface area contributed by atoms with Gasteiger partial charge in [0.15, 0.2) is 11.5 Å². The number of ether oxygens (including phenoxy) is 2. The summed E-state index contributed by atoms with van der Waals surface area (Å²) in [4.78, 5) is 37.5. The number of rotatable bonds is 9. The Morgan fingerprint density at radius 3 is 2.54 bits per heavy atom. The second-order valence-corrected chi connectivity index (χ2v) is 6.81. The molecule has 3 N–H and O–H groups in total. The van der Waals surface area contributed by atoms with Crippen LogP contribution in [0.1, 0.15) is 44.2 Å². The van der Waals surface area contributed by atoms with E-state index >= 15 is 0 Å². The van der Waals surface area contributed by atoms with E-state index in [0.717, 1.165) is 12.8 Å². The van der Waals surface area contributed by atoms with Crippen molar-refractivity contribution in [3.05, 3.63) is 23.8 Å². The van der Waals surface area contributed by atoms with Gasteiger partial charge in [-0.15, -0.1) is 0 Å². The zero-order valence-corrected chi connectivity index (χ0v) is 16.4. The molecule has 1 heterocycles. The highest BCUT2D eigenvalue weighted by molar-refractivity contribution is 5.87. The molecule has 0 radical (unpaired) electrons. The van der Waals surface area contributed by atoms with E-state index in [1.807, 2.05) is 6.92 Å². The van der Waals surface area contributed by atoms with Crippen LogP contribution in [0.2, 0.25) is 0 Å². The number of hydrogen-bond donors (Lipinski definition) is 3. The third-order valence-electron chi connectivity index (χ3n) is 4.37. The maximum atomic E-state index is 12.5. The van der Waals surface area contributed by atoms with E-state index in [9.17, 15) is 19.5 Å². The van der Waals surface area contributed by atoms with Gasteiger partial charge in [-0.1, -0.05) is 25.8 Å². The Balaban J connectivity index is 2.11. The average Bonchev–Trinajstić information content (AvgIpc) is 3.11. The highest BCUT2D eigenvalue weighted by atomic mass is 16.7. The van der Waals surface area contributed by atoms with Crippen LogP contribution in [0.15, 0.2) is 18.2 Å². The molecule has 0 saturated carbocycles. The lowest BCUT2D eigenvalue weighted by atomic mass is 10.0. The second-order valence-electron chi connectivity index (χ2n) is 6.81. The van der Waals surface area contributed by atoms with E-state index in [0.29, 0.717) is 23.5 Å². The lowest BCUT2D eigenvalue weighted by Gasteiger charge is -2.24. The standard InChI is InChI=1S/C19H27N3O6/c1-4-5-6-13(18(25)22(2)3)20-19(26)21-14(10-17(23)24)12-7-8-15-16(9-12)28-11-27-15/h7-9,13-14H,4-6,10-11H2,1-3H3,(H,23,24)(H2,20,21,26)/t13-,14-/m0/s1. The molecule has 1 aliphatic heterocycles. The van der Waals surface area contributed by atoms with E-state index < -0.39 is 24.1 Å². The fourth-order valence-corrected chi connectivity index (χ4v) is 2.89. The van der Waals surface area contributed by atoms with Crippen molar-refractivity contribution in [1.29, 1.82) is 0 Å². The van der Waals surface area contributed by atoms with Crippen molar-refractivity contribution in [3.8, 4) is 11.5 Å². The van der Waals surface area contributed by atoms with Gasteiger partial charge < -0.3 is 30.1 Å². The number of nitrogens with one attached hydrogen (secondary N) is 2. The van der Waals surface area contributed by atoms with Crippen molar-refractivity contribution in [1.82, 2.24) is 15.5 Å². The number of carboxylic acid groups (broad SMARTS) is 1. The molecular formula is C19H27N3O6. The van der Waals surface area contributed by atoms with E-state index in [1.54, 1.807) is 32.3 Å². The highest BCUT2D eigenvalue weighted by Crippen LogP contribution is 2.34. The average molecular weight is 393 g/mol. The molecule has 0 unspecified atom stereocenters. The number of carbonyl (C=O) groups excluding carboxylic acids is 2. The summed E-state index contributed by atoms with van der Waals surface area (Å²) < 4.78 is 10.6. The van der Waals surface area contributed by atoms with Crippen molar-refractivity contribution in [2.45, 2.75) is 44.7 Å². The Hall–Kier alpha value is -2.97. The maximum absolute atomic E-state index is 12.5. The molecule has 2 atom stereocenters. The molecule has 1 aromatic rings. The minimum atomic E-state index is -1.06. The SMILES string of the molecule is CCCC[C@H](NC(=O)N[C@@H](CC(=O)O)c1ccc2c(c1)OCO2)C(=O)N(C)C. The summed E-state index contributed by atoms with van der Waals surface area (Å²) >= 11 is 0. The fourth-order valence-electron chi connectivity index (χ4n) is 2.89. The van der Waals surface area contributed by atoms with Crippen LogP contribution in [0.3, 0.4) is 0 Å². The first-order valence-corrected chi connectivity index (χ1v) is 9.21. The first-order valence-electron chi connectivity index (χ1n) is 9.21. The Labute approximate surface area is 164 Å². The van der Waals surface area contributed by atoms with Gasteiger partial charge in [0.2, 0.25) is 12.7 Å². The first kappa shape index (κ1) is 21.3. The van der Waals surface area contributed by atoms with E-state index in [-0.39, 0.29) is 19.1 Å². The highest BCUT2D eigenvalue weighted by Gasteiger charge is 2.25. The topological polar surface area (TPSA) is 117 Å². The monoisotopic (exact) mass is 393 g/mol. The Bertz CT molecular complexity index is 722. The number of nitrogens with zero attached hydrogens (tertiary/aromatic N) is 1. The zero-order valence-electron chi connectivity index (χ0n) is 16.4. The number of carboxylic acids is 1. The number of hydrogen-bond acceptors (Lipinski definition) is 5. The molecule has 0 saturated heterocycles. The lowest BCUT2D eigenvalue weighted by Crippen LogP contribution is -2.50. The number of likely N-dealkylation sites (N-methyl/N-ethyl adjacent to an activating group) is 1. The third kappa shape index (κ3) is 5.77. The number of carbonyl (C=O) groups is 3. The molecule has 3 amide bonds. The number of amides is 3. The van der Waals surface area contributed by atoms with Crippen LogP contribution in [0, 0.1) is 0 Å².